The lowest BCUT2D eigenvalue weighted by Crippen LogP contribution is -2.25. The van der Waals surface area contributed by atoms with Crippen LogP contribution in [0, 0.1) is 15.2 Å². The predicted molar refractivity (Wildman–Crippen MR) is 116 cm³/mol. The van der Waals surface area contributed by atoms with Crippen LogP contribution >= 0.6 is 22.6 Å². The minimum absolute atomic E-state index is 0.0663. The number of aromatic nitrogens is 2. The number of carbonyl (C=O) groups is 1. The molecule has 3 aromatic rings. The number of rotatable bonds is 8. The fourth-order valence-electron chi connectivity index (χ4n) is 2.96. The monoisotopic (exact) mass is 514 g/mol. The van der Waals surface area contributed by atoms with E-state index in [2.05, 4.69) is 15.6 Å². The Morgan fingerprint density at radius 1 is 1.24 bits per heavy atom. The highest BCUT2D eigenvalue weighted by molar-refractivity contribution is 14.1. The molecule has 0 aliphatic heterocycles. The molecule has 0 aliphatic carbocycles. The maximum atomic E-state index is 15.2. The number of aliphatic hydroxyl groups excluding tert-OH is 1. The van der Waals surface area contributed by atoms with Crippen molar-refractivity contribution in [2.45, 2.75) is 19.3 Å². The lowest BCUT2D eigenvalue weighted by molar-refractivity contribution is 0.0953. The molecule has 3 N–H and O–H groups in total. The van der Waals surface area contributed by atoms with Crippen LogP contribution in [-0.2, 0) is 7.05 Å². The van der Waals surface area contributed by atoms with Crippen LogP contribution in [0.1, 0.15) is 29.6 Å². The summed E-state index contributed by atoms with van der Waals surface area (Å²) in [4.78, 5) is 16.8. The van der Waals surface area contributed by atoms with Gasteiger partial charge in [0, 0.05) is 23.8 Å². The fraction of sp³-hybridized carbons (Fsp3) is 0.300. The van der Waals surface area contributed by atoms with Crippen molar-refractivity contribution in [3.63, 3.8) is 0 Å². The molecule has 0 spiro atoms. The lowest BCUT2D eigenvalue weighted by atomic mass is 10.1. The molecule has 9 heteroatoms. The van der Waals surface area contributed by atoms with Crippen LogP contribution in [0.15, 0.2) is 30.6 Å². The molecular formula is C20H21F2IN4O2. The van der Waals surface area contributed by atoms with Gasteiger partial charge in [0.15, 0.2) is 5.82 Å². The van der Waals surface area contributed by atoms with E-state index in [9.17, 15) is 9.18 Å². The minimum atomic E-state index is -0.716. The molecule has 0 atom stereocenters. The number of aliphatic hydroxyl groups is 1. The van der Waals surface area contributed by atoms with E-state index in [1.807, 2.05) is 22.6 Å². The highest BCUT2D eigenvalue weighted by Gasteiger charge is 2.22. The first-order valence-electron chi connectivity index (χ1n) is 9.17. The van der Waals surface area contributed by atoms with Crippen LogP contribution < -0.4 is 10.6 Å². The first-order valence-corrected chi connectivity index (χ1v) is 10.2. The van der Waals surface area contributed by atoms with Crippen LogP contribution in [0.5, 0.6) is 0 Å². The van der Waals surface area contributed by atoms with Crippen molar-refractivity contribution in [2.24, 2.45) is 7.05 Å². The van der Waals surface area contributed by atoms with Gasteiger partial charge >= 0.3 is 0 Å². The fourth-order valence-corrected chi connectivity index (χ4v) is 3.42. The van der Waals surface area contributed by atoms with E-state index in [1.54, 1.807) is 23.7 Å². The molecule has 3 rings (SSSR count). The maximum Gasteiger partial charge on any atom is 0.253 e. The number of fused-ring (bicyclic) bond motifs is 1. The summed E-state index contributed by atoms with van der Waals surface area (Å²) < 4.78 is 31.8. The molecule has 2 aromatic carbocycles. The van der Waals surface area contributed by atoms with E-state index in [4.69, 9.17) is 5.11 Å². The Hall–Kier alpha value is -2.27. The number of imidazole rings is 1. The van der Waals surface area contributed by atoms with Crippen LogP contribution in [0.2, 0.25) is 0 Å². The number of aryl methyl sites for hydroxylation is 1. The first-order chi connectivity index (χ1) is 13.9. The molecule has 0 fully saturated rings. The number of amides is 1. The number of hydrogen-bond donors (Lipinski definition) is 3. The summed E-state index contributed by atoms with van der Waals surface area (Å²) in [6, 6.07) is 6.04. The lowest BCUT2D eigenvalue weighted by Gasteiger charge is -2.15. The van der Waals surface area contributed by atoms with Crippen LogP contribution in [0.25, 0.3) is 11.0 Å². The largest absolute Gasteiger partial charge is 0.396 e. The highest BCUT2D eigenvalue weighted by atomic mass is 127. The summed E-state index contributed by atoms with van der Waals surface area (Å²) >= 11 is 1.98. The number of hydrogen-bond acceptors (Lipinski definition) is 4. The van der Waals surface area contributed by atoms with E-state index in [0.29, 0.717) is 28.5 Å². The molecule has 0 bridgehead atoms. The number of unbranched alkanes of at least 4 members (excludes halogenated alkanes) is 2. The third-order valence-corrected chi connectivity index (χ3v) is 5.19. The Kier molecular flexibility index (Phi) is 7.01. The van der Waals surface area contributed by atoms with E-state index < -0.39 is 17.5 Å². The molecule has 0 radical (unpaired) electrons. The average molecular weight is 514 g/mol. The molecule has 29 heavy (non-hydrogen) atoms. The molecule has 0 aliphatic rings. The molecule has 0 saturated heterocycles. The van der Waals surface area contributed by atoms with Crippen molar-refractivity contribution >= 4 is 50.9 Å². The maximum absolute atomic E-state index is 15.2. The molecular weight excluding hydrogens is 493 g/mol. The van der Waals surface area contributed by atoms with Crippen molar-refractivity contribution in [2.75, 3.05) is 18.5 Å². The number of halogens is 3. The van der Waals surface area contributed by atoms with E-state index in [-0.39, 0.29) is 29.1 Å². The van der Waals surface area contributed by atoms with Crippen molar-refractivity contribution in [3.05, 3.63) is 51.4 Å². The van der Waals surface area contributed by atoms with E-state index in [1.165, 1.54) is 18.5 Å². The van der Waals surface area contributed by atoms with Gasteiger partial charge < -0.3 is 20.3 Å². The summed E-state index contributed by atoms with van der Waals surface area (Å²) in [6.07, 6.45) is 3.58. The van der Waals surface area contributed by atoms with Gasteiger partial charge in [0.25, 0.3) is 5.91 Å². The first kappa shape index (κ1) is 21.4. The molecule has 0 unspecified atom stereocenters. The van der Waals surface area contributed by atoms with Gasteiger partial charge in [-0.05, 0) is 66.1 Å². The summed E-state index contributed by atoms with van der Waals surface area (Å²) in [5, 5.41) is 14.3. The highest BCUT2D eigenvalue weighted by Crippen LogP contribution is 2.31. The van der Waals surface area contributed by atoms with Gasteiger partial charge in [0.2, 0.25) is 0 Å². The van der Waals surface area contributed by atoms with Crippen molar-refractivity contribution < 1.29 is 18.7 Å². The quantitative estimate of drug-likeness (QED) is 0.313. The Bertz CT molecular complexity index is 1040. The van der Waals surface area contributed by atoms with Gasteiger partial charge in [-0.25, -0.2) is 13.8 Å². The summed E-state index contributed by atoms with van der Waals surface area (Å²) in [7, 11) is 1.71. The van der Waals surface area contributed by atoms with Gasteiger partial charge in [0.1, 0.15) is 11.3 Å². The topological polar surface area (TPSA) is 79.2 Å². The zero-order chi connectivity index (χ0) is 21.0. The molecule has 1 aromatic heterocycles. The third-order valence-electron chi connectivity index (χ3n) is 4.52. The van der Waals surface area contributed by atoms with Crippen LogP contribution in [0.3, 0.4) is 0 Å². The molecule has 6 nitrogen and oxygen atoms in total. The van der Waals surface area contributed by atoms with Crippen molar-refractivity contribution in [1.29, 1.82) is 0 Å². The van der Waals surface area contributed by atoms with Crippen molar-refractivity contribution in [1.82, 2.24) is 14.9 Å². The Balaban J connectivity index is 1.96. The second kappa shape index (κ2) is 9.49. The standard InChI is InChI=1S/C20H21F2IN4O2/c1-27-11-25-19-16(27)10-13(20(29)24-7-3-2-4-8-28)18(17(19)22)26-15-6-5-12(23)9-14(15)21/h5-6,9-11,26,28H,2-4,7-8H2,1H3,(H,24,29). The minimum Gasteiger partial charge on any atom is -0.396 e. The predicted octanol–water partition coefficient (Wildman–Crippen LogP) is 4.09. The van der Waals surface area contributed by atoms with E-state index >= 15 is 4.39 Å². The summed E-state index contributed by atoms with van der Waals surface area (Å²) in [5.41, 5.74) is 0.571. The van der Waals surface area contributed by atoms with E-state index in [0.717, 1.165) is 6.42 Å². The smallest absolute Gasteiger partial charge is 0.253 e. The number of benzene rings is 2. The van der Waals surface area contributed by atoms with Crippen molar-refractivity contribution in [3.8, 4) is 0 Å². The van der Waals surface area contributed by atoms with Crippen LogP contribution in [-0.4, -0.2) is 33.7 Å². The molecule has 1 amide bonds. The Labute approximate surface area is 180 Å². The zero-order valence-corrected chi connectivity index (χ0v) is 18.0. The molecule has 1 heterocycles. The average Bonchev–Trinajstić information content (AvgIpc) is 3.06. The summed E-state index contributed by atoms with van der Waals surface area (Å²) in [5.74, 6) is -1.73. The van der Waals surface area contributed by atoms with Gasteiger partial charge in [-0.15, -0.1) is 0 Å². The number of anilines is 2. The Morgan fingerprint density at radius 2 is 2.03 bits per heavy atom. The number of nitrogens with zero attached hydrogens (tertiary/aromatic N) is 2. The zero-order valence-electron chi connectivity index (χ0n) is 15.8. The normalized spacial score (nSPS) is 11.1. The summed E-state index contributed by atoms with van der Waals surface area (Å²) in [6.45, 7) is 0.493. The molecule has 0 saturated carbocycles. The second-order valence-corrected chi connectivity index (χ2v) is 7.87. The van der Waals surface area contributed by atoms with Gasteiger partial charge in [-0.1, -0.05) is 0 Å². The van der Waals surface area contributed by atoms with Gasteiger partial charge in [-0.3, -0.25) is 4.79 Å². The SMILES string of the molecule is Cn1cnc2c(F)c(Nc3ccc(I)cc3F)c(C(=O)NCCCCCO)cc21. The third kappa shape index (κ3) is 4.84. The number of carbonyl (C=O) groups excluding carboxylic acids is 1. The molecule has 154 valence electrons. The number of nitrogens with one attached hydrogen (secondary N) is 2. The Morgan fingerprint density at radius 3 is 2.76 bits per heavy atom. The van der Waals surface area contributed by atoms with Crippen LogP contribution in [0.4, 0.5) is 20.2 Å². The second-order valence-electron chi connectivity index (χ2n) is 6.63. The van der Waals surface area contributed by atoms with Gasteiger partial charge in [-0.2, -0.15) is 0 Å². The van der Waals surface area contributed by atoms with Gasteiger partial charge in [0.05, 0.1) is 28.8 Å².